The van der Waals surface area contributed by atoms with Gasteiger partial charge < -0.3 is 15.2 Å². The number of carbonyl (C=O) groups is 2. The lowest BCUT2D eigenvalue weighted by Crippen LogP contribution is -2.30. The molecule has 0 spiro atoms. The van der Waals surface area contributed by atoms with Crippen LogP contribution < -0.4 is 10.1 Å². The minimum atomic E-state index is -0.860. The van der Waals surface area contributed by atoms with E-state index in [1.165, 1.54) is 0 Å². The standard InChI is InChI=1S/C14H19NO4/c1-2-19-13-5-3-4-11(9-13)8-12(15-10-16)6-7-14(17)18/h3-5,9-10,12H,2,6-8H2,1H3,(H,15,16)(H,17,18). The molecule has 0 fully saturated rings. The summed E-state index contributed by atoms with van der Waals surface area (Å²) < 4.78 is 5.40. The summed E-state index contributed by atoms with van der Waals surface area (Å²) in [6.07, 6.45) is 1.65. The second kappa shape index (κ2) is 8.13. The summed E-state index contributed by atoms with van der Waals surface area (Å²) in [7, 11) is 0. The summed E-state index contributed by atoms with van der Waals surface area (Å²) in [6.45, 7) is 2.51. The van der Waals surface area contributed by atoms with Crippen LogP contribution in [0.2, 0.25) is 0 Å². The lowest BCUT2D eigenvalue weighted by Gasteiger charge is -2.15. The fourth-order valence-corrected chi connectivity index (χ4v) is 1.85. The quantitative estimate of drug-likeness (QED) is 0.665. The van der Waals surface area contributed by atoms with E-state index in [-0.39, 0.29) is 12.5 Å². The van der Waals surface area contributed by atoms with Gasteiger partial charge in [-0.3, -0.25) is 9.59 Å². The highest BCUT2D eigenvalue weighted by Gasteiger charge is 2.11. The van der Waals surface area contributed by atoms with Gasteiger partial charge in [-0.25, -0.2) is 0 Å². The highest BCUT2D eigenvalue weighted by atomic mass is 16.5. The normalized spacial score (nSPS) is 11.6. The number of hydrogen-bond acceptors (Lipinski definition) is 3. The number of carboxylic acid groups (broad SMARTS) is 1. The van der Waals surface area contributed by atoms with Gasteiger partial charge in [0.15, 0.2) is 0 Å². The van der Waals surface area contributed by atoms with Crippen LogP contribution in [0.1, 0.15) is 25.3 Å². The zero-order valence-corrected chi connectivity index (χ0v) is 11.0. The first-order chi connectivity index (χ1) is 9.15. The molecule has 0 radical (unpaired) electrons. The van der Waals surface area contributed by atoms with Gasteiger partial charge in [0, 0.05) is 12.5 Å². The molecule has 19 heavy (non-hydrogen) atoms. The summed E-state index contributed by atoms with van der Waals surface area (Å²) in [5.41, 5.74) is 1.01. The largest absolute Gasteiger partial charge is 0.494 e. The zero-order valence-electron chi connectivity index (χ0n) is 11.0. The lowest BCUT2D eigenvalue weighted by atomic mass is 10.0. The summed E-state index contributed by atoms with van der Waals surface area (Å²) in [5.74, 6) is -0.0798. The molecule has 0 saturated heterocycles. The van der Waals surface area contributed by atoms with Gasteiger partial charge in [-0.15, -0.1) is 0 Å². The molecule has 1 atom stereocenters. The molecular weight excluding hydrogens is 246 g/mol. The number of hydrogen-bond donors (Lipinski definition) is 2. The molecule has 0 aliphatic rings. The zero-order chi connectivity index (χ0) is 14.1. The molecule has 1 aromatic carbocycles. The monoisotopic (exact) mass is 265 g/mol. The predicted octanol–water partition coefficient (Wildman–Crippen LogP) is 1.61. The van der Waals surface area contributed by atoms with Crippen molar-refractivity contribution in [2.24, 2.45) is 0 Å². The number of aliphatic carboxylic acids is 1. The van der Waals surface area contributed by atoms with Gasteiger partial charge in [0.25, 0.3) is 0 Å². The van der Waals surface area contributed by atoms with Crippen molar-refractivity contribution in [2.75, 3.05) is 6.61 Å². The third-order valence-corrected chi connectivity index (χ3v) is 2.70. The molecule has 0 aliphatic heterocycles. The van der Waals surface area contributed by atoms with Crippen molar-refractivity contribution in [1.82, 2.24) is 5.32 Å². The van der Waals surface area contributed by atoms with Crippen LogP contribution in [0.5, 0.6) is 5.75 Å². The van der Waals surface area contributed by atoms with Gasteiger partial charge >= 0.3 is 5.97 Å². The van der Waals surface area contributed by atoms with Gasteiger partial charge in [0.1, 0.15) is 5.75 Å². The maximum atomic E-state index is 10.6. The SMILES string of the molecule is CCOc1cccc(CC(CCC(=O)O)NC=O)c1. The van der Waals surface area contributed by atoms with Crippen molar-refractivity contribution in [3.05, 3.63) is 29.8 Å². The molecule has 0 aromatic heterocycles. The van der Waals surface area contributed by atoms with Gasteiger partial charge in [-0.2, -0.15) is 0 Å². The molecule has 0 heterocycles. The second-order valence-electron chi connectivity index (χ2n) is 4.20. The maximum Gasteiger partial charge on any atom is 0.303 e. The molecule has 0 bridgehead atoms. The summed E-state index contributed by atoms with van der Waals surface area (Å²) >= 11 is 0. The average molecular weight is 265 g/mol. The summed E-state index contributed by atoms with van der Waals surface area (Å²) in [4.78, 5) is 21.1. The highest BCUT2D eigenvalue weighted by Crippen LogP contribution is 2.15. The van der Waals surface area contributed by atoms with E-state index in [0.717, 1.165) is 11.3 Å². The average Bonchev–Trinajstić information content (AvgIpc) is 2.37. The number of ether oxygens (including phenoxy) is 1. The van der Waals surface area contributed by atoms with Crippen LogP contribution in [0.15, 0.2) is 24.3 Å². The van der Waals surface area contributed by atoms with Crippen molar-refractivity contribution in [1.29, 1.82) is 0 Å². The fourth-order valence-electron chi connectivity index (χ4n) is 1.85. The minimum Gasteiger partial charge on any atom is -0.494 e. The van der Waals surface area contributed by atoms with E-state index in [1.54, 1.807) is 0 Å². The van der Waals surface area contributed by atoms with E-state index in [2.05, 4.69) is 5.32 Å². The predicted molar refractivity (Wildman–Crippen MR) is 71.2 cm³/mol. The molecule has 5 heteroatoms. The molecule has 2 N–H and O–H groups in total. The van der Waals surface area contributed by atoms with Gasteiger partial charge in [0.2, 0.25) is 6.41 Å². The smallest absolute Gasteiger partial charge is 0.303 e. The Morgan fingerprint density at radius 1 is 1.53 bits per heavy atom. The van der Waals surface area contributed by atoms with E-state index in [1.807, 2.05) is 31.2 Å². The van der Waals surface area contributed by atoms with Crippen LogP contribution in [-0.4, -0.2) is 30.1 Å². The maximum absolute atomic E-state index is 10.6. The van der Waals surface area contributed by atoms with E-state index in [0.29, 0.717) is 25.9 Å². The molecule has 1 amide bonds. The van der Waals surface area contributed by atoms with Crippen LogP contribution in [0.4, 0.5) is 0 Å². The van der Waals surface area contributed by atoms with Crippen molar-refractivity contribution < 1.29 is 19.4 Å². The lowest BCUT2D eigenvalue weighted by molar-refractivity contribution is -0.137. The molecule has 104 valence electrons. The van der Waals surface area contributed by atoms with Crippen LogP contribution in [0, 0.1) is 0 Å². The van der Waals surface area contributed by atoms with Crippen molar-refractivity contribution in [3.8, 4) is 5.75 Å². The number of carboxylic acids is 1. The Labute approximate surface area is 112 Å². The molecule has 0 saturated carbocycles. The molecule has 1 unspecified atom stereocenters. The number of carbonyl (C=O) groups excluding carboxylic acids is 1. The third kappa shape index (κ3) is 5.90. The summed E-state index contributed by atoms with van der Waals surface area (Å²) in [6, 6.07) is 7.42. The van der Waals surface area contributed by atoms with E-state index in [4.69, 9.17) is 9.84 Å². The number of amides is 1. The second-order valence-corrected chi connectivity index (χ2v) is 4.20. The van der Waals surface area contributed by atoms with Crippen LogP contribution in [-0.2, 0) is 16.0 Å². The topological polar surface area (TPSA) is 75.6 Å². The first-order valence-electron chi connectivity index (χ1n) is 6.29. The minimum absolute atomic E-state index is 0.0384. The van der Waals surface area contributed by atoms with Gasteiger partial charge in [-0.05, 0) is 37.5 Å². The Bertz CT molecular complexity index is 420. The Balaban J connectivity index is 2.63. The van der Waals surface area contributed by atoms with Gasteiger partial charge in [-0.1, -0.05) is 12.1 Å². The van der Waals surface area contributed by atoms with Crippen molar-refractivity contribution in [2.45, 2.75) is 32.2 Å². The molecule has 1 aromatic rings. The Morgan fingerprint density at radius 2 is 2.32 bits per heavy atom. The Kier molecular flexibility index (Phi) is 6.43. The Morgan fingerprint density at radius 3 is 2.95 bits per heavy atom. The fraction of sp³-hybridized carbons (Fsp3) is 0.429. The number of rotatable bonds is 9. The number of nitrogens with one attached hydrogen (secondary N) is 1. The van der Waals surface area contributed by atoms with Gasteiger partial charge in [0.05, 0.1) is 6.61 Å². The van der Waals surface area contributed by atoms with Crippen LogP contribution in [0.3, 0.4) is 0 Å². The third-order valence-electron chi connectivity index (χ3n) is 2.70. The molecule has 1 rings (SSSR count). The van der Waals surface area contributed by atoms with E-state index < -0.39 is 5.97 Å². The van der Waals surface area contributed by atoms with E-state index in [9.17, 15) is 9.59 Å². The van der Waals surface area contributed by atoms with Crippen molar-refractivity contribution in [3.63, 3.8) is 0 Å². The van der Waals surface area contributed by atoms with Crippen LogP contribution >= 0.6 is 0 Å². The highest BCUT2D eigenvalue weighted by molar-refractivity contribution is 5.66. The molecular formula is C14H19NO4. The first kappa shape index (κ1) is 15.0. The van der Waals surface area contributed by atoms with Crippen molar-refractivity contribution >= 4 is 12.4 Å². The summed E-state index contributed by atoms with van der Waals surface area (Å²) in [5, 5.41) is 11.3. The van der Waals surface area contributed by atoms with E-state index >= 15 is 0 Å². The first-order valence-corrected chi connectivity index (χ1v) is 6.29. The Hall–Kier alpha value is -2.04. The van der Waals surface area contributed by atoms with Crippen LogP contribution in [0.25, 0.3) is 0 Å². The molecule has 0 aliphatic carbocycles. The molecule has 5 nitrogen and oxygen atoms in total. The number of benzene rings is 1.